The van der Waals surface area contributed by atoms with Crippen LogP contribution in [0.4, 0.5) is 0 Å². The van der Waals surface area contributed by atoms with Crippen molar-refractivity contribution in [1.29, 1.82) is 0 Å². The maximum absolute atomic E-state index is 5.28. The lowest BCUT2D eigenvalue weighted by Gasteiger charge is -2.21. The average molecular weight is 322 g/mol. The van der Waals surface area contributed by atoms with Gasteiger partial charge < -0.3 is 0 Å². The van der Waals surface area contributed by atoms with E-state index < -0.39 is 0 Å². The zero-order valence-corrected chi connectivity index (χ0v) is 16.5. The van der Waals surface area contributed by atoms with Crippen molar-refractivity contribution in [1.82, 2.24) is 4.98 Å². The molecule has 0 saturated carbocycles. The SMILES string of the molecule is CCc1c(C2=C(C)CCC2)nc2c(C)c(C)c(CC)c(C)c2c1C. The molecule has 3 rings (SSSR count). The third-order valence-electron chi connectivity index (χ3n) is 6.26. The maximum atomic E-state index is 5.28. The fourth-order valence-corrected chi connectivity index (χ4v) is 4.74. The first-order valence-electron chi connectivity index (χ1n) is 9.53. The van der Waals surface area contributed by atoms with Crippen molar-refractivity contribution < 1.29 is 0 Å². The molecule has 0 unspecified atom stereocenters. The number of allylic oxidation sites excluding steroid dienone is 2. The lowest BCUT2D eigenvalue weighted by molar-refractivity contribution is 0.907. The molecule has 128 valence electrons. The fraction of sp³-hybridized carbons (Fsp3) is 0.522. The Labute approximate surface area is 147 Å². The first kappa shape index (κ1) is 17.2. The molecule has 1 aromatic heterocycles. The number of hydrogen-bond acceptors (Lipinski definition) is 1. The molecule has 0 N–H and O–H groups in total. The highest BCUT2D eigenvalue weighted by atomic mass is 14.7. The molecule has 0 amide bonds. The van der Waals surface area contributed by atoms with Gasteiger partial charge in [0.15, 0.2) is 0 Å². The van der Waals surface area contributed by atoms with Crippen molar-refractivity contribution in [2.24, 2.45) is 0 Å². The molecule has 0 fully saturated rings. The highest BCUT2D eigenvalue weighted by Crippen LogP contribution is 2.39. The highest BCUT2D eigenvalue weighted by Gasteiger charge is 2.22. The van der Waals surface area contributed by atoms with Gasteiger partial charge in [0.1, 0.15) is 0 Å². The van der Waals surface area contributed by atoms with Crippen LogP contribution in [0, 0.1) is 27.7 Å². The first-order valence-corrected chi connectivity index (χ1v) is 9.53. The zero-order valence-electron chi connectivity index (χ0n) is 16.5. The minimum atomic E-state index is 1.06. The van der Waals surface area contributed by atoms with Gasteiger partial charge in [0.25, 0.3) is 0 Å². The van der Waals surface area contributed by atoms with Gasteiger partial charge in [0.05, 0.1) is 11.2 Å². The molecule has 2 aromatic rings. The Morgan fingerprint density at radius 1 is 0.750 bits per heavy atom. The van der Waals surface area contributed by atoms with Gasteiger partial charge in [-0.2, -0.15) is 0 Å². The van der Waals surface area contributed by atoms with Crippen molar-refractivity contribution >= 4 is 16.5 Å². The van der Waals surface area contributed by atoms with Gasteiger partial charge in [-0.15, -0.1) is 0 Å². The number of hydrogen-bond donors (Lipinski definition) is 0. The number of pyridine rings is 1. The molecule has 1 aromatic carbocycles. The second-order valence-electron chi connectivity index (χ2n) is 7.46. The van der Waals surface area contributed by atoms with Crippen molar-refractivity contribution in [2.45, 2.75) is 80.6 Å². The van der Waals surface area contributed by atoms with E-state index >= 15 is 0 Å². The summed E-state index contributed by atoms with van der Waals surface area (Å²) in [6.45, 7) is 16.0. The summed E-state index contributed by atoms with van der Waals surface area (Å²) < 4.78 is 0. The molecule has 0 radical (unpaired) electrons. The third-order valence-corrected chi connectivity index (χ3v) is 6.26. The molecule has 1 heterocycles. The number of aryl methyl sites for hydroxylation is 3. The predicted molar refractivity (Wildman–Crippen MR) is 106 cm³/mol. The van der Waals surface area contributed by atoms with E-state index in [1.165, 1.54) is 74.8 Å². The van der Waals surface area contributed by atoms with Crippen molar-refractivity contribution in [3.63, 3.8) is 0 Å². The van der Waals surface area contributed by atoms with Crippen molar-refractivity contribution in [3.8, 4) is 0 Å². The largest absolute Gasteiger partial charge is 0.248 e. The number of aromatic nitrogens is 1. The Morgan fingerprint density at radius 3 is 1.92 bits per heavy atom. The molecule has 0 atom stereocenters. The van der Waals surface area contributed by atoms with Crippen LogP contribution in [0.3, 0.4) is 0 Å². The lowest BCUT2D eigenvalue weighted by atomic mass is 9.87. The Bertz CT molecular complexity index is 853. The lowest BCUT2D eigenvalue weighted by Crippen LogP contribution is -2.06. The van der Waals surface area contributed by atoms with Crippen LogP contribution >= 0.6 is 0 Å². The monoisotopic (exact) mass is 321 g/mol. The smallest absolute Gasteiger partial charge is 0.0746 e. The number of fused-ring (bicyclic) bond motifs is 1. The van der Waals surface area contributed by atoms with E-state index in [0.717, 1.165) is 12.8 Å². The average Bonchev–Trinajstić information content (AvgIpc) is 2.98. The summed E-state index contributed by atoms with van der Waals surface area (Å²) in [5.74, 6) is 0. The van der Waals surface area contributed by atoms with E-state index in [1.54, 1.807) is 5.57 Å². The fourth-order valence-electron chi connectivity index (χ4n) is 4.74. The molecular weight excluding hydrogens is 290 g/mol. The normalized spacial score (nSPS) is 15.0. The molecule has 24 heavy (non-hydrogen) atoms. The predicted octanol–water partition coefficient (Wildman–Crippen LogP) is 6.55. The van der Waals surface area contributed by atoms with Crippen LogP contribution in [0.15, 0.2) is 5.57 Å². The van der Waals surface area contributed by atoms with Crippen LogP contribution in [0.5, 0.6) is 0 Å². The Hall–Kier alpha value is -1.63. The molecule has 1 aliphatic rings. The van der Waals surface area contributed by atoms with Gasteiger partial charge in [-0.05, 0) is 106 Å². The summed E-state index contributed by atoms with van der Waals surface area (Å²) in [5.41, 5.74) is 14.3. The van der Waals surface area contributed by atoms with Gasteiger partial charge in [-0.3, -0.25) is 0 Å². The molecular formula is C23H31N. The molecule has 1 nitrogen and oxygen atoms in total. The van der Waals surface area contributed by atoms with Crippen LogP contribution in [-0.2, 0) is 12.8 Å². The van der Waals surface area contributed by atoms with Crippen LogP contribution in [0.1, 0.15) is 79.1 Å². The van der Waals surface area contributed by atoms with E-state index in [4.69, 9.17) is 4.98 Å². The van der Waals surface area contributed by atoms with Crippen LogP contribution in [0.2, 0.25) is 0 Å². The van der Waals surface area contributed by atoms with Crippen LogP contribution in [0.25, 0.3) is 16.5 Å². The Morgan fingerprint density at radius 2 is 1.38 bits per heavy atom. The van der Waals surface area contributed by atoms with E-state index in [2.05, 4.69) is 48.5 Å². The van der Waals surface area contributed by atoms with E-state index in [9.17, 15) is 0 Å². The standard InChI is InChI=1S/C23H31N/c1-8-18-14(4)15(5)22-21(16(18)6)17(7)19(9-2)23(24-22)20-12-10-11-13(20)3/h8-12H2,1-7H3. The summed E-state index contributed by atoms with van der Waals surface area (Å²) in [6, 6.07) is 0. The minimum absolute atomic E-state index is 1.06. The van der Waals surface area contributed by atoms with E-state index in [-0.39, 0.29) is 0 Å². The number of benzene rings is 1. The second-order valence-corrected chi connectivity index (χ2v) is 7.46. The third kappa shape index (κ3) is 2.41. The van der Waals surface area contributed by atoms with Crippen molar-refractivity contribution in [3.05, 3.63) is 44.6 Å². The molecule has 1 heteroatoms. The molecule has 0 aliphatic heterocycles. The molecule has 1 aliphatic carbocycles. The maximum Gasteiger partial charge on any atom is 0.0746 e. The zero-order chi connectivity index (χ0) is 17.6. The van der Waals surface area contributed by atoms with Gasteiger partial charge in [0, 0.05) is 5.39 Å². The topological polar surface area (TPSA) is 12.9 Å². The number of rotatable bonds is 3. The number of nitrogens with zero attached hydrogens (tertiary/aromatic N) is 1. The van der Waals surface area contributed by atoms with Gasteiger partial charge in [0.2, 0.25) is 0 Å². The highest BCUT2D eigenvalue weighted by molar-refractivity contribution is 5.93. The summed E-state index contributed by atoms with van der Waals surface area (Å²) >= 11 is 0. The molecule has 0 spiro atoms. The first-order chi connectivity index (χ1) is 11.4. The quantitative estimate of drug-likeness (QED) is 0.624. The second kappa shape index (κ2) is 6.35. The van der Waals surface area contributed by atoms with Crippen molar-refractivity contribution in [2.75, 3.05) is 0 Å². The van der Waals surface area contributed by atoms with Gasteiger partial charge in [-0.25, -0.2) is 4.98 Å². The van der Waals surface area contributed by atoms with E-state index in [0.29, 0.717) is 0 Å². The molecule has 0 bridgehead atoms. The summed E-state index contributed by atoms with van der Waals surface area (Å²) in [4.78, 5) is 5.28. The van der Waals surface area contributed by atoms with Gasteiger partial charge >= 0.3 is 0 Å². The summed E-state index contributed by atoms with van der Waals surface area (Å²) in [7, 11) is 0. The summed E-state index contributed by atoms with van der Waals surface area (Å²) in [6.07, 6.45) is 5.88. The van der Waals surface area contributed by atoms with Gasteiger partial charge in [-0.1, -0.05) is 19.4 Å². The summed E-state index contributed by atoms with van der Waals surface area (Å²) in [5, 5.41) is 1.41. The van der Waals surface area contributed by atoms with Crippen LogP contribution in [-0.4, -0.2) is 4.98 Å². The van der Waals surface area contributed by atoms with Crippen LogP contribution < -0.4 is 0 Å². The Balaban J connectivity index is 2.46. The van der Waals surface area contributed by atoms with E-state index in [1.807, 2.05) is 0 Å². The Kier molecular flexibility index (Phi) is 4.55. The molecule has 0 saturated heterocycles. The minimum Gasteiger partial charge on any atom is -0.248 e.